The van der Waals surface area contributed by atoms with E-state index in [4.69, 9.17) is 37.4 Å². The van der Waals surface area contributed by atoms with Gasteiger partial charge < -0.3 is 18.8 Å². The van der Waals surface area contributed by atoms with E-state index < -0.39 is 18.2 Å². The van der Waals surface area contributed by atoms with Crippen LogP contribution in [0.5, 0.6) is 0 Å². The topological polar surface area (TPSA) is 80.4 Å². The maximum atomic E-state index is 14.1. The van der Waals surface area contributed by atoms with Crippen LogP contribution in [0.3, 0.4) is 0 Å². The third-order valence-electron chi connectivity index (χ3n) is 7.15. The van der Waals surface area contributed by atoms with E-state index in [9.17, 15) is 9.18 Å². The third-order valence-corrected chi connectivity index (χ3v) is 7.85. The van der Waals surface area contributed by atoms with E-state index in [0.717, 1.165) is 29.5 Å². The van der Waals surface area contributed by atoms with E-state index in [1.807, 2.05) is 24.3 Å². The number of imidazole rings is 1. The lowest BCUT2D eigenvalue weighted by Crippen LogP contribution is -2.25. The molecule has 0 unspecified atom stereocenters. The zero-order valence-corrected chi connectivity index (χ0v) is 22.8. The minimum atomic E-state index is -1.02. The van der Waals surface area contributed by atoms with Crippen LogP contribution in [0, 0.1) is 0 Å². The summed E-state index contributed by atoms with van der Waals surface area (Å²) in [5, 5.41) is 6.13. The van der Waals surface area contributed by atoms with Crippen LogP contribution in [-0.2, 0) is 38.4 Å². The van der Waals surface area contributed by atoms with Crippen molar-refractivity contribution in [2.75, 3.05) is 19.8 Å². The molecule has 11 heteroatoms. The molecule has 39 heavy (non-hydrogen) atoms. The summed E-state index contributed by atoms with van der Waals surface area (Å²) < 4.78 is 33.7. The number of rotatable bonds is 8. The molecule has 1 fully saturated rings. The number of carbonyl (C=O) groups is 1. The lowest BCUT2D eigenvalue weighted by molar-refractivity contribution is -0.146. The molecule has 2 aliphatic heterocycles. The van der Waals surface area contributed by atoms with Crippen LogP contribution in [0.25, 0.3) is 22.0 Å². The van der Waals surface area contributed by atoms with Gasteiger partial charge in [0.25, 0.3) is 0 Å². The van der Waals surface area contributed by atoms with Crippen LogP contribution in [0.15, 0.2) is 42.9 Å². The van der Waals surface area contributed by atoms with Gasteiger partial charge in [-0.3, -0.25) is 4.68 Å². The Bertz CT molecular complexity index is 1510. The van der Waals surface area contributed by atoms with Crippen LogP contribution >= 0.6 is 23.2 Å². The van der Waals surface area contributed by atoms with E-state index in [-0.39, 0.29) is 25.9 Å². The van der Waals surface area contributed by atoms with E-state index in [1.54, 1.807) is 30.1 Å². The minimum absolute atomic E-state index is 0.143. The Kier molecular flexibility index (Phi) is 7.33. The van der Waals surface area contributed by atoms with Crippen molar-refractivity contribution in [3.8, 4) is 11.1 Å². The molecule has 2 aliphatic rings. The molecule has 0 bridgehead atoms. The third kappa shape index (κ3) is 5.04. The molecule has 0 saturated carbocycles. The quantitative estimate of drug-likeness (QED) is 0.257. The first-order valence-corrected chi connectivity index (χ1v) is 13.7. The van der Waals surface area contributed by atoms with Gasteiger partial charge >= 0.3 is 5.97 Å². The van der Waals surface area contributed by atoms with Crippen LogP contribution in [0.1, 0.15) is 36.3 Å². The molecule has 8 nitrogen and oxygen atoms in total. The van der Waals surface area contributed by atoms with Gasteiger partial charge in [0.15, 0.2) is 12.3 Å². The summed E-state index contributed by atoms with van der Waals surface area (Å²) in [5.74, 6) is -0.537. The van der Waals surface area contributed by atoms with Gasteiger partial charge in [-0.15, -0.1) is 0 Å². The van der Waals surface area contributed by atoms with Crippen molar-refractivity contribution in [3.05, 3.63) is 69.9 Å². The molecule has 4 heterocycles. The van der Waals surface area contributed by atoms with Crippen LogP contribution in [0.2, 0.25) is 10.0 Å². The molecule has 0 amide bonds. The molecule has 2 aromatic heterocycles. The number of fused-ring (bicyclic) bond motifs is 2. The fraction of sp³-hybridized carbons (Fsp3) is 0.393. The van der Waals surface area contributed by atoms with Crippen LogP contribution < -0.4 is 0 Å². The summed E-state index contributed by atoms with van der Waals surface area (Å²) in [5.41, 5.74) is 4.29. The molecule has 0 N–H and O–H groups in total. The number of halogens is 3. The fourth-order valence-electron chi connectivity index (χ4n) is 5.26. The van der Waals surface area contributed by atoms with Gasteiger partial charge in [0.1, 0.15) is 11.7 Å². The average molecular weight is 573 g/mol. The molecule has 1 saturated heterocycles. The molecule has 6 rings (SSSR count). The van der Waals surface area contributed by atoms with E-state index in [1.165, 1.54) is 4.68 Å². The molecule has 4 aromatic rings. The number of nitrogens with zero attached hydrogens (tertiary/aromatic N) is 4. The standard InChI is InChI=1S/C28H27Cl2FN4O4/c1-2-37-28(36)27(26-22-11-18(31)13-34(22)15-32-26)35-14-20-21(29)12-19(24(30)25(20)33-35)17-6-3-16(4-7-17)5-8-23-38-9-10-39-23/h3-4,6-7,12,14-15,18,23,27H,2,5,8-11,13H2,1H3/t18-,27-/m1/s1. The number of carbonyl (C=O) groups excluding carboxylic acids is 1. The highest BCUT2D eigenvalue weighted by atomic mass is 35.5. The van der Waals surface area contributed by atoms with Gasteiger partial charge in [-0.25, -0.2) is 14.2 Å². The van der Waals surface area contributed by atoms with Crippen molar-refractivity contribution in [3.63, 3.8) is 0 Å². The number of aryl methyl sites for hydroxylation is 1. The second kappa shape index (κ2) is 10.9. The average Bonchev–Trinajstić information content (AvgIpc) is 3.72. The molecule has 204 valence electrons. The number of ether oxygens (including phenoxy) is 3. The summed E-state index contributed by atoms with van der Waals surface area (Å²) in [4.78, 5) is 17.6. The molecular formula is C28H27Cl2FN4O4. The lowest BCUT2D eigenvalue weighted by Gasteiger charge is -2.15. The first-order chi connectivity index (χ1) is 18.9. The van der Waals surface area contributed by atoms with E-state index in [2.05, 4.69) is 10.1 Å². The van der Waals surface area contributed by atoms with Crippen molar-refractivity contribution in [1.29, 1.82) is 0 Å². The first-order valence-electron chi connectivity index (χ1n) is 13.0. The zero-order chi connectivity index (χ0) is 27.1. The van der Waals surface area contributed by atoms with Gasteiger partial charge in [-0.2, -0.15) is 5.10 Å². The Hall–Kier alpha value is -2.98. The zero-order valence-electron chi connectivity index (χ0n) is 21.3. The smallest absolute Gasteiger partial charge is 0.337 e. The number of hydrogen-bond acceptors (Lipinski definition) is 6. The Morgan fingerprint density at radius 3 is 2.74 bits per heavy atom. The monoisotopic (exact) mass is 572 g/mol. The molecule has 2 aromatic carbocycles. The number of benzene rings is 2. The van der Waals surface area contributed by atoms with Gasteiger partial charge in [0.2, 0.25) is 0 Å². The molecule has 0 spiro atoms. The lowest BCUT2D eigenvalue weighted by atomic mass is 10.0. The second-order valence-corrected chi connectivity index (χ2v) is 10.5. The van der Waals surface area contributed by atoms with Crippen molar-refractivity contribution in [2.45, 2.75) is 51.2 Å². The highest BCUT2D eigenvalue weighted by molar-refractivity contribution is 6.42. The molecule has 0 aliphatic carbocycles. The van der Waals surface area contributed by atoms with E-state index in [0.29, 0.717) is 45.5 Å². The number of aromatic nitrogens is 4. The Labute approximate surface area is 234 Å². The van der Waals surface area contributed by atoms with Crippen LogP contribution in [0.4, 0.5) is 4.39 Å². The van der Waals surface area contributed by atoms with Crippen LogP contribution in [-0.4, -0.2) is 57.6 Å². The largest absolute Gasteiger partial charge is 0.464 e. The summed E-state index contributed by atoms with van der Waals surface area (Å²) >= 11 is 13.6. The predicted octanol–water partition coefficient (Wildman–Crippen LogP) is 5.56. The Balaban J connectivity index is 1.34. The molecular weight excluding hydrogens is 546 g/mol. The van der Waals surface area contributed by atoms with Crippen molar-refractivity contribution < 1.29 is 23.4 Å². The van der Waals surface area contributed by atoms with Crippen molar-refractivity contribution in [1.82, 2.24) is 19.3 Å². The summed E-state index contributed by atoms with van der Waals surface area (Å²) in [6.07, 6.45) is 3.85. The summed E-state index contributed by atoms with van der Waals surface area (Å²) in [6.45, 7) is 3.40. The fourth-order valence-corrected chi connectivity index (χ4v) is 5.81. The van der Waals surface area contributed by atoms with Crippen molar-refractivity contribution >= 4 is 40.1 Å². The minimum Gasteiger partial charge on any atom is -0.464 e. The SMILES string of the molecule is CCOC(=O)[C@@H](c1ncn2c1C[C@@H](F)C2)n1cc2c(Cl)cc(-c3ccc(CCC4OCCO4)cc3)c(Cl)c2n1. The molecule has 0 radical (unpaired) electrons. The van der Waals surface area contributed by atoms with Gasteiger partial charge in [0.05, 0.1) is 48.4 Å². The highest BCUT2D eigenvalue weighted by Gasteiger charge is 2.35. The Morgan fingerprint density at radius 2 is 2.00 bits per heavy atom. The normalized spacial score (nSPS) is 18.1. The van der Waals surface area contributed by atoms with Gasteiger partial charge in [0, 0.05) is 35.7 Å². The second-order valence-electron chi connectivity index (χ2n) is 9.68. The summed E-state index contributed by atoms with van der Waals surface area (Å²) in [7, 11) is 0. The van der Waals surface area contributed by atoms with E-state index >= 15 is 0 Å². The number of alkyl halides is 1. The van der Waals surface area contributed by atoms with Crippen molar-refractivity contribution in [2.24, 2.45) is 0 Å². The summed E-state index contributed by atoms with van der Waals surface area (Å²) in [6, 6.07) is 8.89. The van der Waals surface area contributed by atoms with Gasteiger partial charge in [-0.05, 0) is 30.5 Å². The number of hydrogen-bond donors (Lipinski definition) is 0. The maximum absolute atomic E-state index is 14.1. The predicted molar refractivity (Wildman–Crippen MR) is 145 cm³/mol. The Morgan fingerprint density at radius 1 is 1.23 bits per heavy atom. The number of esters is 1. The maximum Gasteiger partial charge on any atom is 0.337 e. The molecule has 2 atom stereocenters. The van der Waals surface area contributed by atoms with Gasteiger partial charge in [-0.1, -0.05) is 47.5 Å². The highest BCUT2D eigenvalue weighted by Crippen LogP contribution is 2.39. The first kappa shape index (κ1) is 26.3.